The molecule has 1 aromatic carbocycles. The van der Waals surface area contributed by atoms with Gasteiger partial charge in [-0.25, -0.2) is 0 Å². The maximum absolute atomic E-state index is 8.89. The summed E-state index contributed by atoms with van der Waals surface area (Å²) < 4.78 is 5.25. The summed E-state index contributed by atoms with van der Waals surface area (Å²) in [5, 5.41) is 0. The summed E-state index contributed by atoms with van der Waals surface area (Å²) in [5.74, 6) is 0.680. The summed E-state index contributed by atoms with van der Waals surface area (Å²) >= 11 is 0. The van der Waals surface area contributed by atoms with E-state index in [-0.39, 0.29) is 6.04 Å². The minimum atomic E-state index is -4.00. The molecule has 15 heavy (non-hydrogen) atoms. The molecule has 1 aromatic rings. The van der Waals surface area contributed by atoms with Crippen molar-refractivity contribution in [2.75, 3.05) is 6.61 Å². The normalized spacial score (nSPS) is 11.1. The average molecular weight is 226 g/mol. The fourth-order valence-electron chi connectivity index (χ4n) is 1.13. The summed E-state index contributed by atoms with van der Waals surface area (Å²) in [5.41, 5.74) is 0.667. The van der Waals surface area contributed by atoms with Crippen LogP contribution in [0.2, 0.25) is 0 Å². The van der Waals surface area contributed by atoms with Crippen molar-refractivity contribution in [1.29, 1.82) is 0 Å². The van der Waals surface area contributed by atoms with E-state index in [1.165, 1.54) is 0 Å². The lowest BCUT2D eigenvalue weighted by Gasteiger charge is -2.09. The summed E-state index contributed by atoms with van der Waals surface area (Å²) in [4.78, 5) is 26.7. The Hall–Kier alpha value is -1.14. The maximum atomic E-state index is 8.89. The lowest BCUT2D eigenvalue weighted by atomic mass is 10.2. The monoisotopic (exact) mass is 226 g/mol. The SMILES string of the molecule is C=CCOc1ccc(C[Si](O)(O)O)cc1. The molecule has 0 unspecified atom stereocenters. The van der Waals surface area contributed by atoms with Crippen LogP contribution in [0.5, 0.6) is 5.75 Å². The summed E-state index contributed by atoms with van der Waals surface area (Å²) in [6, 6.07) is 6.68. The topological polar surface area (TPSA) is 69.9 Å². The highest BCUT2D eigenvalue weighted by atomic mass is 28.4. The van der Waals surface area contributed by atoms with Gasteiger partial charge >= 0.3 is 8.80 Å². The van der Waals surface area contributed by atoms with Crippen LogP contribution in [0, 0.1) is 0 Å². The van der Waals surface area contributed by atoms with E-state index in [2.05, 4.69) is 6.58 Å². The molecule has 0 saturated carbocycles. The van der Waals surface area contributed by atoms with Gasteiger partial charge in [0.15, 0.2) is 0 Å². The number of hydrogen-bond acceptors (Lipinski definition) is 4. The van der Waals surface area contributed by atoms with E-state index in [0.717, 1.165) is 0 Å². The van der Waals surface area contributed by atoms with Gasteiger partial charge < -0.3 is 19.1 Å². The summed E-state index contributed by atoms with van der Waals surface area (Å²) in [6.07, 6.45) is 1.64. The molecule has 0 amide bonds. The van der Waals surface area contributed by atoms with Crippen LogP contribution < -0.4 is 4.74 Å². The standard InChI is InChI=1S/C10H14O4Si/c1-2-7-14-10-5-3-9(4-6-10)8-15(11,12)13/h2-6,11-13H,1,7-8H2. The zero-order valence-electron chi connectivity index (χ0n) is 8.26. The Morgan fingerprint density at radius 2 is 1.80 bits per heavy atom. The molecule has 0 spiro atoms. The predicted octanol–water partition coefficient (Wildman–Crippen LogP) is 0.249. The zero-order valence-corrected chi connectivity index (χ0v) is 9.26. The number of benzene rings is 1. The van der Waals surface area contributed by atoms with Gasteiger partial charge in [0.1, 0.15) is 12.4 Å². The van der Waals surface area contributed by atoms with Gasteiger partial charge in [0.2, 0.25) is 0 Å². The van der Waals surface area contributed by atoms with E-state index in [1.54, 1.807) is 30.3 Å². The van der Waals surface area contributed by atoms with E-state index in [1.807, 2.05) is 0 Å². The van der Waals surface area contributed by atoms with Crippen molar-refractivity contribution in [1.82, 2.24) is 0 Å². The molecule has 5 heteroatoms. The van der Waals surface area contributed by atoms with Crippen LogP contribution in [0.1, 0.15) is 5.56 Å². The predicted molar refractivity (Wildman–Crippen MR) is 58.2 cm³/mol. The van der Waals surface area contributed by atoms with Gasteiger partial charge in [-0.2, -0.15) is 0 Å². The van der Waals surface area contributed by atoms with Gasteiger partial charge in [0.25, 0.3) is 0 Å². The van der Waals surface area contributed by atoms with Gasteiger partial charge in [-0.05, 0) is 17.7 Å². The number of rotatable bonds is 5. The Balaban J connectivity index is 2.60. The van der Waals surface area contributed by atoms with E-state index >= 15 is 0 Å². The third-order valence-electron chi connectivity index (χ3n) is 1.73. The molecule has 82 valence electrons. The minimum Gasteiger partial charge on any atom is -0.490 e. The van der Waals surface area contributed by atoms with Crippen LogP contribution in [0.15, 0.2) is 36.9 Å². The van der Waals surface area contributed by atoms with Crippen molar-refractivity contribution in [2.45, 2.75) is 6.04 Å². The lowest BCUT2D eigenvalue weighted by Crippen LogP contribution is -2.37. The molecule has 0 fully saturated rings. The summed E-state index contributed by atoms with van der Waals surface area (Å²) in [7, 11) is -4.00. The Bertz CT molecular complexity index is 315. The van der Waals surface area contributed by atoms with Gasteiger partial charge in [0, 0.05) is 6.04 Å². The molecule has 0 aliphatic heterocycles. The molecule has 0 bridgehead atoms. The molecule has 0 aliphatic rings. The molecule has 3 N–H and O–H groups in total. The molecule has 0 radical (unpaired) electrons. The van der Waals surface area contributed by atoms with Crippen LogP contribution in [-0.2, 0) is 6.04 Å². The number of hydrogen-bond donors (Lipinski definition) is 3. The third kappa shape index (κ3) is 4.75. The molecular weight excluding hydrogens is 212 g/mol. The van der Waals surface area contributed by atoms with Crippen LogP contribution in [-0.4, -0.2) is 29.8 Å². The first-order chi connectivity index (χ1) is 7.01. The highest BCUT2D eigenvalue weighted by molar-refractivity contribution is 6.55. The lowest BCUT2D eigenvalue weighted by molar-refractivity contribution is 0.227. The molecule has 4 nitrogen and oxygen atoms in total. The maximum Gasteiger partial charge on any atom is 0.497 e. The first-order valence-electron chi connectivity index (χ1n) is 4.51. The second-order valence-corrected chi connectivity index (χ2v) is 5.10. The Kier molecular flexibility index (Phi) is 4.04. The van der Waals surface area contributed by atoms with Crippen molar-refractivity contribution in [3.63, 3.8) is 0 Å². The van der Waals surface area contributed by atoms with Gasteiger partial charge in [-0.15, -0.1) is 0 Å². The number of ether oxygens (including phenoxy) is 1. The van der Waals surface area contributed by atoms with E-state index < -0.39 is 8.80 Å². The first-order valence-corrected chi connectivity index (χ1v) is 6.56. The van der Waals surface area contributed by atoms with Crippen molar-refractivity contribution in [3.05, 3.63) is 42.5 Å². The smallest absolute Gasteiger partial charge is 0.490 e. The molecule has 0 saturated heterocycles. The second-order valence-electron chi connectivity index (χ2n) is 3.19. The van der Waals surface area contributed by atoms with Crippen LogP contribution in [0.25, 0.3) is 0 Å². The van der Waals surface area contributed by atoms with Crippen molar-refractivity contribution >= 4 is 8.80 Å². The third-order valence-corrected chi connectivity index (χ3v) is 2.62. The fraction of sp³-hybridized carbons (Fsp3) is 0.200. The largest absolute Gasteiger partial charge is 0.497 e. The molecule has 0 atom stereocenters. The van der Waals surface area contributed by atoms with Gasteiger partial charge in [-0.1, -0.05) is 24.8 Å². The van der Waals surface area contributed by atoms with Crippen molar-refractivity contribution in [2.24, 2.45) is 0 Å². The molecule has 0 heterocycles. The first kappa shape index (κ1) is 11.9. The fourth-order valence-corrected chi connectivity index (χ4v) is 1.92. The molecule has 0 aromatic heterocycles. The average Bonchev–Trinajstić information content (AvgIpc) is 2.14. The van der Waals surface area contributed by atoms with E-state index in [9.17, 15) is 0 Å². The van der Waals surface area contributed by atoms with Gasteiger partial charge in [0.05, 0.1) is 0 Å². The second kappa shape index (κ2) is 5.08. The molecule has 0 aliphatic carbocycles. The van der Waals surface area contributed by atoms with Crippen LogP contribution in [0.3, 0.4) is 0 Å². The highest BCUT2D eigenvalue weighted by Crippen LogP contribution is 2.13. The minimum absolute atomic E-state index is 0.102. The Morgan fingerprint density at radius 3 is 2.27 bits per heavy atom. The molecular formula is C10H14O4Si. The Labute approximate surface area is 89.4 Å². The van der Waals surface area contributed by atoms with Crippen LogP contribution >= 0.6 is 0 Å². The summed E-state index contributed by atoms with van der Waals surface area (Å²) in [6.45, 7) is 3.95. The van der Waals surface area contributed by atoms with Crippen molar-refractivity contribution < 1.29 is 19.1 Å². The quantitative estimate of drug-likeness (QED) is 0.497. The van der Waals surface area contributed by atoms with Gasteiger partial charge in [-0.3, -0.25) is 0 Å². The highest BCUT2D eigenvalue weighted by Gasteiger charge is 2.26. The van der Waals surface area contributed by atoms with Crippen molar-refractivity contribution in [3.8, 4) is 5.75 Å². The Morgan fingerprint density at radius 1 is 1.20 bits per heavy atom. The van der Waals surface area contributed by atoms with Crippen LogP contribution in [0.4, 0.5) is 0 Å². The molecule has 1 rings (SSSR count). The van der Waals surface area contributed by atoms with E-state index in [0.29, 0.717) is 17.9 Å². The van der Waals surface area contributed by atoms with E-state index in [4.69, 9.17) is 19.1 Å². The zero-order chi connectivity index (χ0) is 11.3.